The van der Waals surface area contributed by atoms with Crippen molar-refractivity contribution >= 4 is 35.0 Å². The minimum absolute atomic E-state index is 0.209. The fourth-order valence-electron chi connectivity index (χ4n) is 2.81. The number of thioether (sulfide) groups is 1. The zero-order valence-corrected chi connectivity index (χ0v) is 15.2. The SMILES string of the molecule is CCN1C(=O)C(C)(C(=O)Nc2cccc(OC)c2)Sc2ccccc21. The van der Waals surface area contributed by atoms with Crippen LogP contribution >= 0.6 is 11.8 Å². The van der Waals surface area contributed by atoms with Crippen molar-refractivity contribution in [3.05, 3.63) is 48.5 Å². The van der Waals surface area contributed by atoms with Crippen LogP contribution in [-0.4, -0.2) is 30.2 Å². The summed E-state index contributed by atoms with van der Waals surface area (Å²) in [5, 5.41) is 2.85. The van der Waals surface area contributed by atoms with Gasteiger partial charge in [0, 0.05) is 23.2 Å². The Morgan fingerprint density at radius 3 is 2.72 bits per heavy atom. The van der Waals surface area contributed by atoms with Crippen LogP contribution in [0.3, 0.4) is 0 Å². The number of methoxy groups -OCH3 is 1. The van der Waals surface area contributed by atoms with Crippen molar-refractivity contribution in [2.75, 3.05) is 23.9 Å². The van der Waals surface area contributed by atoms with Crippen LogP contribution in [-0.2, 0) is 9.59 Å². The highest BCUT2D eigenvalue weighted by atomic mass is 32.2. The van der Waals surface area contributed by atoms with E-state index in [1.807, 2.05) is 31.2 Å². The number of anilines is 2. The van der Waals surface area contributed by atoms with Crippen LogP contribution in [0.2, 0.25) is 0 Å². The molecular weight excluding hydrogens is 336 g/mol. The van der Waals surface area contributed by atoms with E-state index in [1.165, 1.54) is 11.8 Å². The van der Waals surface area contributed by atoms with Gasteiger partial charge in [-0.15, -0.1) is 0 Å². The largest absolute Gasteiger partial charge is 0.497 e. The van der Waals surface area contributed by atoms with Gasteiger partial charge in [-0.3, -0.25) is 9.59 Å². The molecule has 0 radical (unpaired) electrons. The Kier molecular flexibility index (Phi) is 4.72. The zero-order valence-electron chi connectivity index (χ0n) is 14.4. The quantitative estimate of drug-likeness (QED) is 0.851. The summed E-state index contributed by atoms with van der Waals surface area (Å²) in [6, 6.07) is 14.7. The Bertz CT molecular complexity index is 824. The van der Waals surface area contributed by atoms with E-state index < -0.39 is 4.75 Å². The summed E-state index contributed by atoms with van der Waals surface area (Å²) < 4.78 is 3.95. The van der Waals surface area contributed by atoms with Crippen molar-refractivity contribution in [3.63, 3.8) is 0 Å². The number of nitrogens with one attached hydrogen (secondary N) is 1. The maximum absolute atomic E-state index is 13.0. The molecule has 0 saturated carbocycles. The van der Waals surface area contributed by atoms with Gasteiger partial charge in [0.25, 0.3) is 5.91 Å². The van der Waals surface area contributed by atoms with Gasteiger partial charge in [0.1, 0.15) is 5.75 Å². The van der Waals surface area contributed by atoms with Crippen LogP contribution in [0, 0.1) is 0 Å². The van der Waals surface area contributed by atoms with E-state index >= 15 is 0 Å². The van der Waals surface area contributed by atoms with E-state index in [4.69, 9.17) is 4.74 Å². The van der Waals surface area contributed by atoms with Crippen LogP contribution < -0.4 is 15.0 Å². The number of ether oxygens (including phenoxy) is 1. The Hall–Kier alpha value is -2.47. The van der Waals surface area contributed by atoms with Gasteiger partial charge < -0.3 is 15.0 Å². The minimum Gasteiger partial charge on any atom is -0.497 e. The first kappa shape index (κ1) is 17.4. The summed E-state index contributed by atoms with van der Waals surface area (Å²) in [6.45, 7) is 4.09. The van der Waals surface area contributed by atoms with Crippen molar-refractivity contribution in [2.24, 2.45) is 0 Å². The highest BCUT2D eigenvalue weighted by Crippen LogP contribution is 2.45. The van der Waals surface area contributed by atoms with Crippen LogP contribution in [0.25, 0.3) is 0 Å². The molecule has 0 spiro atoms. The molecule has 1 unspecified atom stereocenters. The van der Waals surface area contributed by atoms with E-state index in [9.17, 15) is 9.59 Å². The van der Waals surface area contributed by atoms with Crippen molar-refractivity contribution in [1.82, 2.24) is 0 Å². The number of para-hydroxylation sites is 1. The molecule has 2 amide bonds. The fraction of sp³-hybridized carbons (Fsp3) is 0.263. The van der Waals surface area contributed by atoms with E-state index in [0.717, 1.165) is 10.6 Å². The maximum atomic E-state index is 13.0. The molecule has 1 atom stereocenters. The van der Waals surface area contributed by atoms with Gasteiger partial charge in [-0.1, -0.05) is 30.0 Å². The molecule has 6 heteroatoms. The van der Waals surface area contributed by atoms with Crippen molar-refractivity contribution in [1.29, 1.82) is 0 Å². The van der Waals surface area contributed by atoms with Crippen molar-refractivity contribution in [3.8, 4) is 5.75 Å². The first-order valence-corrected chi connectivity index (χ1v) is 8.86. The first-order valence-electron chi connectivity index (χ1n) is 8.05. The average molecular weight is 356 g/mol. The molecule has 1 N–H and O–H groups in total. The second kappa shape index (κ2) is 6.80. The van der Waals surface area contributed by atoms with Crippen molar-refractivity contribution < 1.29 is 14.3 Å². The molecule has 2 aromatic carbocycles. The number of nitrogens with zero attached hydrogens (tertiary/aromatic N) is 1. The zero-order chi connectivity index (χ0) is 18.0. The lowest BCUT2D eigenvalue weighted by molar-refractivity contribution is -0.128. The number of hydrogen-bond donors (Lipinski definition) is 1. The van der Waals surface area contributed by atoms with Crippen molar-refractivity contribution in [2.45, 2.75) is 23.5 Å². The Morgan fingerprint density at radius 2 is 2.00 bits per heavy atom. The second-order valence-corrected chi connectivity index (χ2v) is 7.30. The Labute approximate surface area is 151 Å². The van der Waals surface area contributed by atoms with E-state index in [-0.39, 0.29) is 11.8 Å². The molecule has 1 aliphatic heterocycles. The molecule has 0 bridgehead atoms. The van der Waals surface area contributed by atoms with E-state index in [0.29, 0.717) is 18.0 Å². The topological polar surface area (TPSA) is 58.6 Å². The first-order chi connectivity index (χ1) is 12.0. The standard InChI is InChI=1S/C19H20N2O3S/c1-4-21-15-10-5-6-11-16(15)25-19(2,18(21)23)17(22)20-13-8-7-9-14(12-13)24-3/h5-12H,4H2,1-3H3,(H,20,22). The highest BCUT2D eigenvalue weighted by molar-refractivity contribution is 8.02. The Morgan fingerprint density at radius 1 is 1.24 bits per heavy atom. The third-order valence-corrected chi connectivity index (χ3v) is 5.53. The lowest BCUT2D eigenvalue weighted by atomic mass is 10.1. The van der Waals surface area contributed by atoms with E-state index in [1.54, 1.807) is 43.2 Å². The summed E-state index contributed by atoms with van der Waals surface area (Å²) in [5.41, 5.74) is 1.45. The average Bonchev–Trinajstić information content (AvgIpc) is 2.63. The maximum Gasteiger partial charge on any atom is 0.252 e. The number of rotatable bonds is 4. The monoisotopic (exact) mass is 356 g/mol. The number of benzene rings is 2. The molecule has 130 valence electrons. The fourth-order valence-corrected chi connectivity index (χ4v) is 4.02. The third kappa shape index (κ3) is 3.09. The number of amides is 2. The lowest BCUT2D eigenvalue weighted by Crippen LogP contribution is -2.54. The minimum atomic E-state index is -1.23. The summed E-state index contributed by atoms with van der Waals surface area (Å²) >= 11 is 1.29. The molecular formula is C19H20N2O3S. The smallest absolute Gasteiger partial charge is 0.252 e. The molecule has 1 aliphatic rings. The molecule has 0 saturated heterocycles. The van der Waals surface area contributed by atoms with Gasteiger partial charge >= 0.3 is 0 Å². The summed E-state index contributed by atoms with van der Waals surface area (Å²) in [7, 11) is 1.57. The predicted octanol–water partition coefficient (Wildman–Crippen LogP) is 3.55. The predicted molar refractivity (Wildman–Crippen MR) is 100 cm³/mol. The van der Waals surface area contributed by atoms with Gasteiger partial charge in [0.2, 0.25) is 5.91 Å². The molecule has 0 aliphatic carbocycles. The van der Waals surface area contributed by atoms with Crippen LogP contribution in [0.5, 0.6) is 5.75 Å². The van der Waals surface area contributed by atoms with E-state index in [2.05, 4.69) is 5.32 Å². The van der Waals surface area contributed by atoms with Gasteiger partial charge in [-0.05, 0) is 38.1 Å². The summed E-state index contributed by atoms with van der Waals surface area (Å²) in [5.74, 6) is 0.0916. The van der Waals surface area contributed by atoms with Crippen LogP contribution in [0.1, 0.15) is 13.8 Å². The third-order valence-electron chi connectivity index (χ3n) is 4.20. The molecule has 5 nitrogen and oxygen atoms in total. The summed E-state index contributed by atoms with van der Waals surface area (Å²) in [6.07, 6.45) is 0. The van der Waals surface area contributed by atoms with Gasteiger partial charge in [-0.2, -0.15) is 0 Å². The number of hydrogen-bond acceptors (Lipinski definition) is 4. The van der Waals surface area contributed by atoms with Crippen LogP contribution in [0.4, 0.5) is 11.4 Å². The molecule has 0 aromatic heterocycles. The highest BCUT2D eigenvalue weighted by Gasteiger charge is 2.48. The molecule has 0 fully saturated rings. The number of carbonyl (C=O) groups excluding carboxylic acids is 2. The van der Waals surface area contributed by atoms with Gasteiger partial charge in [0.15, 0.2) is 4.75 Å². The molecule has 2 aromatic rings. The molecule has 1 heterocycles. The van der Waals surface area contributed by atoms with Gasteiger partial charge in [0.05, 0.1) is 12.8 Å². The normalized spacial score (nSPS) is 19.3. The number of fused-ring (bicyclic) bond motifs is 1. The molecule has 3 rings (SSSR count). The second-order valence-electron chi connectivity index (χ2n) is 5.84. The van der Waals surface area contributed by atoms with Crippen LogP contribution in [0.15, 0.2) is 53.4 Å². The number of carbonyl (C=O) groups is 2. The lowest BCUT2D eigenvalue weighted by Gasteiger charge is -2.38. The Balaban J connectivity index is 1.92. The van der Waals surface area contributed by atoms with Gasteiger partial charge in [-0.25, -0.2) is 0 Å². The summed E-state index contributed by atoms with van der Waals surface area (Å²) in [4.78, 5) is 28.6. The molecule has 25 heavy (non-hydrogen) atoms.